The van der Waals surface area contributed by atoms with Crippen LogP contribution in [0.15, 0.2) is 34.8 Å². The number of rotatable bonds is 7. The Bertz CT molecular complexity index is 1000. The lowest BCUT2D eigenvalue weighted by Gasteiger charge is -2.00. The molecule has 1 N–H and O–H groups in total. The zero-order valence-corrected chi connectivity index (χ0v) is 18.5. The SMILES string of the molecule is CCOC(=O)c1nc(-c2cc(-c3cccc(Br)c3)[nH]c2CC2CC2)sc1CC. The van der Waals surface area contributed by atoms with Gasteiger partial charge in [0, 0.05) is 26.3 Å². The van der Waals surface area contributed by atoms with Gasteiger partial charge in [0.15, 0.2) is 5.69 Å². The maximum absolute atomic E-state index is 12.3. The summed E-state index contributed by atoms with van der Waals surface area (Å²) in [5, 5.41) is 0.896. The Morgan fingerprint density at radius 3 is 2.82 bits per heavy atom. The number of carbonyl (C=O) groups excluding carboxylic acids is 1. The summed E-state index contributed by atoms with van der Waals surface area (Å²) in [5.41, 5.74) is 5.00. The average molecular weight is 459 g/mol. The van der Waals surface area contributed by atoms with Gasteiger partial charge in [0.05, 0.1) is 6.61 Å². The molecule has 6 heteroatoms. The molecule has 28 heavy (non-hydrogen) atoms. The fourth-order valence-electron chi connectivity index (χ4n) is 3.34. The van der Waals surface area contributed by atoms with Crippen LogP contribution in [0.3, 0.4) is 0 Å². The fraction of sp³-hybridized carbons (Fsp3) is 0.364. The molecule has 0 unspecified atom stereocenters. The molecule has 146 valence electrons. The van der Waals surface area contributed by atoms with Gasteiger partial charge in [-0.05, 0) is 62.3 Å². The van der Waals surface area contributed by atoms with Gasteiger partial charge in [-0.3, -0.25) is 0 Å². The van der Waals surface area contributed by atoms with E-state index in [1.54, 1.807) is 11.3 Å². The lowest BCUT2D eigenvalue weighted by molar-refractivity contribution is 0.0519. The smallest absolute Gasteiger partial charge is 0.358 e. The summed E-state index contributed by atoms with van der Waals surface area (Å²) in [6.45, 7) is 4.23. The van der Waals surface area contributed by atoms with Crippen LogP contribution in [-0.4, -0.2) is 22.5 Å². The molecule has 0 bridgehead atoms. The molecule has 1 saturated carbocycles. The number of hydrogen-bond acceptors (Lipinski definition) is 4. The number of nitrogens with one attached hydrogen (secondary N) is 1. The third kappa shape index (κ3) is 4.08. The number of halogens is 1. The van der Waals surface area contributed by atoms with E-state index in [-0.39, 0.29) is 5.97 Å². The maximum atomic E-state index is 12.3. The lowest BCUT2D eigenvalue weighted by atomic mass is 10.1. The molecule has 0 atom stereocenters. The molecule has 0 spiro atoms. The molecular weight excluding hydrogens is 436 g/mol. The Hall–Kier alpha value is -1.92. The summed E-state index contributed by atoms with van der Waals surface area (Å²) in [6.07, 6.45) is 4.37. The van der Waals surface area contributed by atoms with Gasteiger partial charge in [0.25, 0.3) is 0 Å². The summed E-state index contributed by atoms with van der Waals surface area (Å²) in [4.78, 5) is 21.6. The molecule has 0 aliphatic heterocycles. The summed E-state index contributed by atoms with van der Waals surface area (Å²) < 4.78 is 6.26. The molecule has 0 amide bonds. The molecular formula is C22H23BrN2O2S. The number of aromatic amines is 1. The number of ether oxygens (including phenoxy) is 1. The highest BCUT2D eigenvalue weighted by molar-refractivity contribution is 9.10. The molecule has 4 rings (SSSR count). The predicted octanol–water partition coefficient (Wildman–Crippen LogP) is 6.26. The van der Waals surface area contributed by atoms with Gasteiger partial charge in [-0.2, -0.15) is 0 Å². The molecule has 0 saturated heterocycles. The van der Waals surface area contributed by atoms with Crippen LogP contribution in [0.5, 0.6) is 0 Å². The zero-order chi connectivity index (χ0) is 19.7. The van der Waals surface area contributed by atoms with Crippen LogP contribution in [0.25, 0.3) is 21.8 Å². The summed E-state index contributed by atoms with van der Waals surface area (Å²) >= 11 is 5.16. The summed E-state index contributed by atoms with van der Waals surface area (Å²) in [7, 11) is 0. The molecule has 1 aliphatic rings. The number of aromatic nitrogens is 2. The van der Waals surface area contributed by atoms with E-state index in [1.165, 1.54) is 18.5 Å². The third-order valence-corrected chi connectivity index (χ3v) is 6.67. The number of esters is 1. The van der Waals surface area contributed by atoms with E-state index in [0.717, 1.165) is 49.9 Å². The van der Waals surface area contributed by atoms with Crippen molar-refractivity contribution in [2.24, 2.45) is 5.92 Å². The summed E-state index contributed by atoms with van der Waals surface area (Å²) in [5.74, 6) is 0.427. The van der Waals surface area contributed by atoms with Crippen molar-refractivity contribution in [2.75, 3.05) is 6.61 Å². The first-order chi connectivity index (χ1) is 13.6. The molecule has 0 radical (unpaired) electrons. The molecule has 1 aliphatic carbocycles. The molecule has 1 aromatic carbocycles. The van der Waals surface area contributed by atoms with E-state index in [4.69, 9.17) is 9.72 Å². The second-order valence-electron chi connectivity index (χ2n) is 7.10. The van der Waals surface area contributed by atoms with Crippen molar-refractivity contribution in [2.45, 2.75) is 39.5 Å². The van der Waals surface area contributed by atoms with E-state index in [2.05, 4.69) is 46.0 Å². The van der Waals surface area contributed by atoms with Crippen LogP contribution in [0.2, 0.25) is 0 Å². The number of benzene rings is 1. The van der Waals surface area contributed by atoms with Gasteiger partial charge in [0.2, 0.25) is 0 Å². The largest absolute Gasteiger partial charge is 0.461 e. The van der Waals surface area contributed by atoms with Gasteiger partial charge < -0.3 is 9.72 Å². The van der Waals surface area contributed by atoms with Crippen LogP contribution in [-0.2, 0) is 17.6 Å². The highest BCUT2D eigenvalue weighted by Gasteiger charge is 2.26. The monoisotopic (exact) mass is 458 g/mol. The average Bonchev–Trinajstić information content (AvgIpc) is 3.24. The number of aryl methyl sites for hydroxylation is 1. The van der Waals surface area contributed by atoms with Gasteiger partial charge in [0.1, 0.15) is 5.01 Å². The van der Waals surface area contributed by atoms with Crippen LogP contribution < -0.4 is 0 Å². The van der Waals surface area contributed by atoms with Crippen molar-refractivity contribution in [1.29, 1.82) is 0 Å². The molecule has 3 aromatic rings. The summed E-state index contributed by atoms with van der Waals surface area (Å²) in [6, 6.07) is 10.5. The minimum Gasteiger partial charge on any atom is -0.461 e. The van der Waals surface area contributed by atoms with E-state index in [0.29, 0.717) is 12.3 Å². The van der Waals surface area contributed by atoms with Crippen LogP contribution in [0.1, 0.15) is 47.7 Å². The second-order valence-corrected chi connectivity index (χ2v) is 9.10. The van der Waals surface area contributed by atoms with E-state index < -0.39 is 0 Å². The standard InChI is InChI=1S/C22H23BrN2O2S/c1-3-19-20(22(26)27-4-2)25-21(28-19)16-12-17(14-6-5-7-15(23)11-14)24-18(16)10-13-8-9-13/h5-7,11-13,24H,3-4,8-10H2,1-2H3. The van der Waals surface area contributed by atoms with E-state index in [1.807, 2.05) is 19.1 Å². The lowest BCUT2D eigenvalue weighted by Crippen LogP contribution is -2.07. The van der Waals surface area contributed by atoms with Gasteiger partial charge in [-0.15, -0.1) is 11.3 Å². The number of nitrogens with zero attached hydrogens (tertiary/aromatic N) is 1. The van der Waals surface area contributed by atoms with Crippen molar-refractivity contribution in [1.82, 2.24) is 9.97 Å². The topological polar surface area (TPSA) is 55.0 Å². The van der Waals surface area contributed by atoms with Crippen LogP contribution in [0.4, 0.5) is 0 Å². The number of thiazole rings is 1. The van der Waals surface area contributed by atoms with Crippen molar-refractivity contribution in [3.8, 4) is 21.8 Å². The number of carbonyl (C=O) groups is 1. The first kappa shape index (κ1) is 19.4. The highest BCUT2D eigenvalue weighted by atomic mass is 79.9. The molecule has 1 fully saturated rings. The van der Waals surface area contributed by atoms with Crippen LogP contribution >= 0.6 is 27.3 Å². The van der Waals surface area contributed by atoms with Crippen molar-refractivity contribution in [3.63, 3.8) is 0 Å². The first-order valence-electron chi connectivity index (χ1n) is 9.74. The number of H-pyrrole nitrogens is 1. The molecule has 4 nitrogen and oxygen atoms in total. The third-order valence-electron chi connectivity index (χ3n) is 4.94. The maximum Gasteiger partial charge on any atom is 0.358 e. The van der Waals surface area contributed by atoms with Gasteiger partial charge >= 0.3 is 5.97 Å². The minimum absolute atomic E-state index is 0.326. The van der Waals surface area contributed by atoms with E-state index in [9.17, 15) is 4.79 Å². The Labute approximate surface area is 177 Å². The Kier molecular flexibility index (Phi) is 5.69. The normalized spacial score (nSPS) is 13.7. The zero-order valence-electron chi connectivity index (χ0n) is 16.0. The van der Waals surface area contributed by atoms with Crippen molar-refractivity contribution >= 4 is 33.2 Å². The van der Waals surface area contributed by atoms with Gasteiger partial charge in [-0.25, -0.2) is 9.78 Å². The van der Waals surface area contributed by atoms with Gasteiger partial charge in [-0.1, -0.05) is 35.0 Å². The fourth-order valence-corrected chi connectivity index (χ4v) is 4.77. The predicted molar refractivity (Wildman–Crippen MR) is 117 cm³/mol. The second kappa shape index (κ2) is 8.21. The highest BCUT2D eigenvalue weighted by Crippen LogP contribution is 2.39. The first-order valence-corrected chi connectivity index (χ1v) is 11.3. The number of hydrogen-bond donors (Lipinski definition) is 1. The molecule has 2 aromatic heterocycles. The van der Waals surface area contributed by atoms with Crippen molar-refractivity contribution in [3.05, 3.63) is 51.1 Å². The van der Waals surface area contributed by atoms with Crippen molar-refractivity contribution < 1.29 is 9.53 Å². The van der Waals surface area contributed by atoms with E-state index >= 15 is 0 Å². The van der Waals surface area contributed by atoms with Crippen LogP contribution in [0, 0.1) is 5.92 Å². The Morgan fingerprint density at radius 1 is 1.32 bits per heavy atom. The molecule has 2 heterocycles. The minimum atomic E-state index is -0.326. The Morgan fingerprint density at radius 2 is 2.14 bits per heavy atom. The quantitative estimate of drug-likeness (QED) is 0.425. The Balaban J connectivity index is 1.76.